The summed E-state index contributed by atoms with van der Waals surface area (Å²) >= 11 is 4.81. The second-order valence-corrected chi connectivity index (χ2v) is 2.87. The minimum atomic E-state index is 0.260. The van der Waals surface area contributed by atoms with Crippen LogP contribution in [0.25, 0.3) is 0 Å². The molecule has 0 aromatic carbocycles. The second kappa shape index (κ2) is 4.13. The van der Waals surface area contributed by atoms with Gasteiger partial charge in [0.05, 0.1) is 7.11 Å². The molecule has 2 N–H and O–H groups in total. The molecule has 0 fully saturated rings. The van der Waals surface area contributed by atoms with Gasteiger partial charge in [-0.2, -0.15) is 4.98 Å². The molecule has 13 heavy (non-hydrogen) atoms. The lowest BCUT2D eigenvalue weighted by molar-refractivity contribution is 0.394. The van der Waals surface area contributed by atoms with Crippen molar-refractivity contribution in [2.75, 3.05) is 7.11 Å². The molecule has 0 saturated heterocycles. The summed E-state index contributed by atoms with van der Waals surface area (Å²) in [6.45, 7) is 1.96. The Morgan fingerprint density at radius 1 is 1.62 bits per heavy atom. The van der Waals surface area contributed by atoms with Crippen molar-refractivity contribution in [2.24, 2.45) is 5.73 Å². The van der Waals surface area contributed by atoms with E-state index < -0.39 is 0 Å². The van der Waals surface area contributed by atoms with Crippen molar-refractivity contribution in [3.05, 3.63) is 17.6 Å². The van der Waals surface area contributed by atoms with E-state index in [4.69, 9.17) is 22.7 Å². The zero-order chi connectivity index (χ0) is 9.84. The van der Waals surface area contributed by atoms with E-state index in [1.54, 1.807) is 13.2 Å². The van der Waals surface area contributed by atoms with Gasteiger partial charge in [0.15, 0.2) is 0 Å². The van der Waals surface area contributed by atoms with E-state index in [9.17, 15) is 0 Å². The summed E-state index contributed by atoms with van der Waals surface area (Å²) in [5.41, 5.74) is 6.00. The monoisotopic (exact) mass is 197 g/mol. The number of aryl methyl sites for hydroxylation is 1. The summed E-state index contributed by atoms with van der Waals surface area (Å²) in [7, 11) is 1.55. The number of nitrogens with zero attached hydrogens (tertiary/aromatic N) is 2. The molecule has 0 atom stereocenters. The summed E-state index contributed by atoms with van der Waals surface area (Å²) in [6, 6.07) is 1.63. The molecule has 0 aliphatic carbocycles. The Balaban J connectivity index is 3.14. The van der Waals surface area contributed by atoms with Gasteiger partial charge in [-0.15, -0.1) is 0 Å². The van der Waals surface area contributed by atoms with E-state index >= 15 is 0 Å². The first-order valence-corrected chi connectivity index (χ1v) is 4.30. The summed E-state index contributed by atoms with van der Waals surface area (Å²) in [5, 5.41) is 0. The van der Waals surface area contributed by atoms with Gasteiger partial charge in [-0.05, 0) is 0 Å². The maximum atomic E-state index is 5.45. The van der Waals surface area contributed by atoms with Crippen LogP contribution in [0, 0.1) is 0 Å². The van der Waals surface area contributed by atoms with Crippen LogP contribution < -0.4 is 10.5 Å². The van der Waals surface area contributed by atoms with Gasteiger partial charge in [-0.1, -0.05) is 19.1 Å². The highest BCUT2D eigenvalue weighted by Gasteiger charge is 2.04. The quantitative estimate of drug-likeness (QED) is 0.722. The number of aromatic nitrogens is 2. The first-order valence-electron chi connectivity index (χ1n) is 3.89. The molecule has 0 aliphatic rings. The van der Waals surface area contributed by atoms with Crippen molar-refractivity contribution >= 4 is 17.2 Å². The molecule has 0 radical (unpaired) electrons. The topological polar surface area (TPSA) is 61.0 Å². The highest BCUT2D eigenvalue weighted by atomic mass is 32.1. The fourth-order valence-corrected chi connectivity index (χ4v) is 0.966. The fraction of sp³-hybridized carbons (Fsp3) is 0.375. The molecule has 1 aromatic heterocycles. The minimum absolute atomic E-state index is 0.260. The van der Waals surface area contributed by atoms with E-state index in [-0.39, 0.29) is 4.99 Å². The second-order valence-electron chi connectivity index (χ2n) is 2.43. The Hall–Kier alpha value is -1.23. The molecule has 4 nitrogen and oxygen atoms in total. The van der Waals surface area contributed by atoms with Crippen LogP contribution in [0.1, 0.15) is 18.4 Å². The van der Waals surface area contributed by atoms with Gasteiger partial charge >= 0.3 is 0 Å². The lowest BCUT2D eigenvalue weighted by Gasteiger charge is -2.04. The summed E-state index contributed by atoms with van der Waals surface area (Å²) in [5.74, 6) is 1.18. The summed E-state index contributed by atoms with van der Waals surface area (Å²) < 4.78 is 4.98. The Morgan fingerprint density at radius 2 is 2.31 bits per heavy atom. The van der Waals surface area contributed by atoms with Crippen molar-refractivity contribution in [1.29, 1.82) is 0 Å². The molecule has 0 spiro atoms. The zero-order valence-electron chi connectivity index (χ0n) is 7.57. The number of methoxy groups -OCH3 is 1. The maximum Gasteiger partial charge on any atom is 0.216 e. The first-order chi connectivity index (χ1) is 6.17. The van der Waals surface area contributed by atoms with Crippen LogP contribution in [0.3, 0.4) is 0 Å². The molecule has 0 saturated carbocycles. The van der Waals surface area contributed by atoms with Crippen LogP contribution in [0.4, 0.5) is 0 Å². The molecule has 70 valence electrons. The Labute approximate surface area is 82.1 Å². The van der Waals surface area contributed by atoms with E-state index in [1.807, 2.05) is 6.92 Å². The van der Waals surface area contributed by atoms with Crippen molar-refractivity contribution in [1.82, 2.24) is 9.97 Å². The fourth-order valence-electron chi connectivity index (χ4n) is 0.862. The molecule has 0 amide bonds. The van der Waals surface area contributed by atoms with Gasteiger partial charge in [-0.3, -0.25) is 0 Å². The van der Waals surface area contributed by atoms with Crippen LogP contribution in [0.5, 0.6) is 5.88 Å². The normalized spacial score (nSPS) is 9.69. The van der Waals surface area contributed by atoms with Gasteiger partial charge < -0.3 is 10.5 Å². The molecule has 1 rings (SSSR count). The van der Waals surface area contributed by atoms with Gasteiger partial charge in [0.2, 0.25) is 5.88 Å². The molecule has 1 aromatic rings. The molecular weight excluding hydrogens is 186 g/mol. The van der Waals surface area contributed by atoms with Crippen molar-refractivity contribution in [2.45, 2.75) is 13.3 Å². The van der Waals surface area contributed by atoms with Crippen LogP contribution in [-0.2, 0) is 6.42 Å². The third-order valence-corrected chi connectivity index (χ3v) is 1.74. The van der Waals surface area contributed by atoms with Crippen LogP contribution >= 0.6 is 12.2 Å². The lowest BCUT2D eigenvalue weighted by Crippen LogP contribution is -2.13. The number of hydrogen-bond acceptors (Lipinski definition) is 4. The smallest absolute Gasteiger partial charge is 0.216 e. The van der Waals surface area contributed by atoms with E-state index in [0.717, 1.165) is 6.42 Å². The van der Waals surface area contributed by atoms with Crippen molar-refractivity contribution in [3.63, 3.8) is 0 Å². The number of ether oxygens (including phenoxy) is 1. The van der Waals surface area contributed by atoms with Crippen molar-refractivity contribution < 1.29 is 4.74 Å². The minimum Gasteiger partial charge on any atom is -0.481 e. The Kier molecular flexibility index (Phi) is 3.13. The van der Waals surface area contributed by atoms with Crippen LogP contribution in [0.15, 0.2) is 6.07 Å². The van der Waals surface area contributed by atoms with Gasteiger partial charge in [-0.25, -0.2) is 4.98 Å². The van der Waals surface area contributed by atoms with E-state index in [0.29, 0.717) is 17.4 Å². The maximum absolute atomic E-state index is 5.45. The van der Waals surface area contributed by atoms with Gasteiger partial charge in [0.25, 0.3) is 0 Å². The SMILES string of the molecule is CCc1nc(OC)cc(C(N)=S)n1. The third kappa shape index (κ3) is 2.35. The highest BCUT2D eigenvalue weighted by molar-refractivity contribution is 7.80. The molecule has 1 heterocycles. The Bertz CT molecular complexity index is 305. The van der Waals surface area contributed by atoms with Gasteiger partial charge in [0.1, 0.15) is 16.5 Å². The third-order valence-electron chi connectivity index (χ3n) is 1.53. The molecular formula is C8H11N3OS. The summed E-state index contributed by atoms with van der Waals surface area (Å²) in [6.07, 6.45) is 0.729. The number of nitrogens with two attached hydrogens (primary N) is 1. The first kappa shape index (κ1) is 9.85. The van der Waals surface area contributed by atoms with Gasteiger partial charge in [0, 0.05) is 12.5 Å². The average Bonchev–Trinajstić information content (AvgIpc) is 2.16. The van der Waals surface area contributed by atoms with E-state index in [2.05, 4.69) is 9.97 Å². The predicted octanol–water partition coefficient (Wildman–Crippen LogP) is 0.682. The van der Waals surface area contributed by atoms with E-state index in [1.165, 1.54) is 0 Å². The van der Waals surface area contributed by atoms with Crippen LogP contribution in [-0.4, -0.2) is 22.1 Å². The lowest BCUT2D eigenvalue weighted by atomic mass is 10.3. The molecule has 0 unspecified atom stereocenters. The van der Waals surface area contributed by atoms with Crippen molar-refractivity contribution in [3.8, 4) is 5.88 Å². The Morgan fingerprint density at radius 3 is 2.77 bits per heavy atom. The standard InChI is InChI=1S/C8H11N3OS/c1-3-6-10-5(8(9)13)4-7(11-6)12-2/h4H,3H2,1-2H3,(H2,9,13). The summed E-state index contributed by atoms with van der Waals surface area (Å²) in [4.78, 5) is 8.51. The predicted molar refractivity (Wildman–Crippen MR) is 53.8 cm³/mol. The highest BCUT2D eigenvalue weighted by Crippen LogP contribution is 2.08. The molecule has 5 heteroatoms. The van der Waals surface area contributed by atoms with Crippen LogP contribution in [0.2, 0.25) is 0 Å². The molecule has 0 bridgehead atoms. The largest absolute Gasteiger partial charge is 0.481 e. The number of rotatable bonds is 3. The number of hydrogen-bond donors (Lipinski definition) is 1. The zero-order valence-corrected chi connectivity index (χ0v) is 8.39. The molecule has 0 aliphatic heterocycles. The average molecular weight is 197 g/mol. The number of thiocarbonyl (C=S) groups is 1.